The lowest BCUT2D eigenvalue weighted by Gasteiger charge is -2.23. The van der Waals surface area contributed by atoms with Gasteiger partial charge in [0.05, 0.1) is 25.4 Å². The third-order valence-corrected chi connectivity index (χ3v) is 10.3. The Balaban J connectivity index is 4.29. The summed E-state index contributed by atoms with van der Waals surface area (Å²) in [6.45, 7) is 4.06. The van der Waals surface area contributed by atoms with Crippen LogP contribution in [0.4, 0.5) is 0 Å². The van der Waals surface area contributed by atoms with Crippen molar-refractivity contribution in [3.05, 3.63) is 60.8 Å². The van der Waals surface area contributed by atoms with Crippen LogP contribution in [0.2, 0.25) is 0 Å². The van der Waals surface area contributed by atoms with Gasteiger partial charge >= 0.3 is 7.82 Å². The van der Waals surface area contributed by atoms with Crippen molar-refractivity contribution in [3.63, 3.8) is 0 Å². The number of aliphatic hydroxyl groups excluding tert-OH is 1. The predicted octanol–water partition coefficient (Wildman–Crippen LogP) is 12.3. The Morgan fingerprint density at radius 3 is 1.57 bits per heavy atom. The second-order valence-corrected chi connectivity index (χ2v) is 16.0. The number of carbonyl (C=O) groups is 1. The molecule has 0 bridgehead atoms. The van der Waals surface area contributed by atoms with E-state index in [-0.39, 0.29) is 25.7 Å². The monoisotopic (exact) mass is 779 g/mol. The lowest BCUT2D eigenvalue weighted by atomic mass is 10.1. The van der Waals surface area contributed by atoms with Gasteiger partial charge in [0.2, 0.25) is 5.91 Å². The molecular weight excluding hydrogens is 695 g/mol. The largest absolute Gasteiger partial charge is 0.472 e. The van der Waals surface area contributed by atoms with E-state index in [1.54, 1.807) is 6.08 Å². The highest BCUT2D eigenvalue weighted by atomic mass is 31.2. The Labute approximate surface area is 332 Å². The zero-order chi connectivity index (χ0) is 39.6. The first-order valence-corrected chi connectivity index (χ1v) is 23.4. The lowest BCUT2D eigenvalue weighted by molar-refractivity contribution is -0.123. The first kappa shape index (κ1) is 52.2. The van der Waals surface area contributed by atoms with Gasteiger partial charge in [-0.2, -0.15) is 0 Å². The van der Waals surface area contributed by atoms with E-state index in [2.05, 4.69) is 67.8 Å². The van der Waals surface area contributed by atoms with Gasteiger partial charge in [0.15, 0.2) is 0 Å². The van der Waals surface area contributed by atoms with E-state index in [9.17, 15) is 19.4 Å². The molecule has 5 N–H and O–H groups in total. The maximum absolute atomic E-state index is 12.8. The topological polar surface area (TPSA) is 131 Å². The number of unbranched alkanes of at least 4 members (excludes halogenated alkanes) is 20. The number of carbonyl (C=O) groups excluding carboxylic acids is 1. The second-order valence-electron chi connectivity index (χ2n) is 14.5. The highest BCUT2D eigenvalue weighted by molar-refractivity contribution is 7.47. The lowest BCUT2D eigenvalue weighted by Crippen LogP contribution is -2.45. The van der Waals surface area contributed by atoms with Crippen LogP contribution >= 0.6 is 7.82 Å². The number of amides is 1. The Morgan fingerprint density at radius 1 is 0.611 bits per heavy atom. The average Bonchev–Trinajstić information content (AvgIpc) is 3.16. The first-order valence-electron chi connectivity index (χ1n) is 21.9. The maximum Gasteiger partial charge on any atom is 0.472 e. The van der Waals surface area contributed by atoms with E-state index in [1.807, 2.05) is 6.08 Å². The van der Waals surface area contributed by atoms with Gasteiger partial charge in [-0.25, -0.2) is 4.57 Å². The van der Waals surface area contributed by atoms with Crippen molar-refractivity contribution in [2.24, 2.45) is 5.73 Å². The van der Waals surface area contributed by atoms with Gasteiger partial charge < -0.3 is 21.1 Å². The number of hydrogen-bond donors (Lipinski definition) is 4. The first-order chi connectivity index (χ1) is 26.4. The van der Waals surface area contributed by atoms with E-state index < -0.39 is 20.0 Å². The minimum absolute atomic E-state index is 0.0689. The molecule has 0 aromatic heterocycles. The molecule has 0 saturated heterocycles. The molecule has 0 fully saturated rings. The molecule has 8 nitrogen and oxygen atoms in total. The van der Waals surface area contributed by atoms with Crippen molar-refractivity contribution < 1.29 is 28.4 Å². The summed E-state index contributed by atoms with van der Waals surface area (Å²) in [5, 5.41) is 13.6. The molecule has 0 aliphatic carbocycles. The third kappa shape index (κ3) is 38.5. The molecule has 0 radical (unpaired) electrons. The van der Waals surface area contributed by atoms with Crippen molar-refractivity contribution in [1.29, 1.82) is 0 Å². The normalized spacial score (nSPS) is 14.7. The van der Waals surface area contributed by atoms with Crippen molar-refractivity contribution in [2.75, 3.05) is 19.8 Å². The molecule has 0 aliphatic rings. The summed E-state index contributed by atoms with van der Waals surface area (Å²) in [5.41, 5.74) is 5.37. The summed E-state index contributed by atoms with van der Waals surface area (Å²) in [7, 11) is -4.35. The standard InChI is InChI=1S/C45H83N2O6P/c1-3-5-7-9-11-13-15-17-19-21-22-23-25-27-29-31-33-35-37-39-45(49)47-43(42-53-54(50,51)52-41-40-46)44(48)38-36-34-32-30-28-26-24-20-18-16-14-12-10-8-6-4-2/h11,13,17-20,28,30,36,38,43-44,48H,3-10,12,14-16,21-27,29,31-35,37,39-42,46H2,1-2H3,(H,47,49)(H,50,51)/b13-11-,19-17-,20-18+,30-28+,38-36+. The smallest absolute Gasteiger partial charge is 0.387 e. The third-order valence-electron chi connectivity index (χ3n) is 9.29. The van der Waals surface area contributed by atoms with Crippen LogP contribution in [0.15, 0.2) is 60.8 Å². The van der Waals surface area contributed by atoms with E-state index >= 15 is 0 Å². The van der Waals surface area contributed by atoms with E-state index in [0.717, 1.165) is 51.4 Å². The summed E-state index contributed by atoms with van der Waals surface area (Å²) in [4.78, 5) is 22.7. The van der Waals surface area contributed by atoms with E-state index in [0.29, 0.717) is 6.42 Å². The van der Waals surface area contributed by atoms with Crippen LogP contribution < -0.4 is 11.1 Å². The molecule has 0 heterocycles. The summed E-state index contributed by atoms with van der Waals surface area (Å²) in [6.07, 6.45) is 51.2. The van der Waals surface area contributed by atoms with Crippen LogP contribution in [-0.4, -0.2) is 47.8 Å². The van der Waals surface area contributed by atoms with Crippen molar-refractivity contribution in [3.8, 4) is 0 Å². The molecule has 3 atom stereocenters. The highest BCUT2D eigenvalue weighted by Crippen LogP contribution is 2.43. The highest BCUT2D eigenvalue weighted by Gasteiger charge is 2.26. The fraction of sp³-hybridized carbons (Fsp3) is 0.756. The molecule has 0 aromatic rings. The molecule has 3 unspecified atom stereocenters. The molecule has 54 heavy (non-hydrogen) atoms. The Kier molecular flexibility index (Phi) is 39.5. The second kappa shape index (κ2) is 40.9. The minimum atomic E-state index is -4.35. The van der Waals surface area contributed by atoms with Gasteiger partial charge in [-0.15, -0.1) is 0 Å². The quantitative estimate of drug-likeness (QED) is 0.0277. The molecule has 9 heteroatoms. The zero-order valence-corrected chi connectivity index (χ0v) is 35.6. The Morgan fingerprint density at radius 2 is 1.04 bits per heavy atom. The molecule has 0 spiro atoms. The molecule has 0 aromatic carbocycles. The maximum atomic E-state index is 12.8. The van der Waals surface area contributed by atoms with Gasteiger partial charge in [0.25, 0.3) is 0 Å². The number of rotatable bonds is 40. The molecule has 0 aliphatic heterocycles. The van der Waals surface area contributed by atoms with Gasteiger partial charge in [0, 0.05) is 13.0 Å². The van der Waals surface area contributed by atoms with Gasteiger partial charge in [-0.1, -0.05) is 164 Å². The molecule has 314 valence electrons. The van der Waals surface area contributed by atoms with Crippen LogP contribution in [-0.2, 0) is 18.4 Å². The number of nitrogens with one attached hydrogen (secondary N) is 1. The average molecular weight is 779 g/mol. The molecule has 0 saturated carbocycles. The van der Waals surface area contributed by atoms with Gasteiger partial charge in [-0.3, -0.25) is 13.8 Å². The fourth-order valence-electron chi connectivity index (χ4n) is 5.96. The van der Waals surface area contributed by atoms with E-state index in [1.165, 1.54) is 116 Å². The van der Waals surface area contributed by atoms with Crippen LogP contribution in [0.25, 0.3) is 0 Å². The van der Waals surface area contributed by atoms with Gasteiger partial charge in [0.1, 0.15) is 0 Å². The van der Waals surface area contributed by atoms with Gasteiger partial charge in [-0.05, 0) is 77.0 Å². The predicted molar refractivity (Wildman–Crippen MR) is 230 cm³/mol. The summed E-state index contributed by atoms with van der Waals surface area (Å²) >= 11 is 0. The van der Waals surface area contributed by atoms with Crippen molar-refractivity contribution in [2.45, 2.75) is 199 Å². The van der Waals surface area contributed by atoms with Crippen LogP contribution in [0.1, 0.15) is 187 Å². The summed E-state index contributed by atoms with van der Waals surface area (Å²) < 4.78 is 22.1. The Bertz CT molecular complexity index is 1030. The molecule has 1 amide bonds. The molecular formula is C45H83N2O6P. The number of nitrogens with two attached hydrogens (primary N) is 1. The van der Waals surface area contributed by atoms with Crippen LogP contribution in [0.3, 0.4) is 0 Å². The zero-order valence-electron chi connectivity index (χ0n) is 34.7. The number of allylic oxidation sites excluding steroid dienone is 9. The van der Waals surface area contributed by atoms with E-state index in [4.69, 9.17) is 14.8 Å². The summed E-state index contributed by atoms with van der Waals surface area (Å²) in [5.74, 6) is -0.215. The van der Waals surface area contributed by atoms with Crippen molar-refractivity contribution >= 4 is 13.7 Å². The minimum Gasteiger partial charge on any atom is -0.387 e. The summed E-state index contributed by atoms with van der Waals surface area (Å²) in [6, 6.07) is -0.887. The molecule has 0 rings (SSSR count). The Hall–Kier alpha value is -1.80. The van der Waals surface area contributed by atoms with Crippen LogP contribution in [0.5, 0.6) is 0 Å². The number of aliphatic hydroxyl groups is 1. The SMILES string of the molecule is CCCCC/C=C\C/C=C\CCCCCCCCCCCC(=O)NC(COP(=O)(O)OCCN)C(O)/C=C/CC/C=C/CC/C=C/CCCCCCCC. The van der Waals surface area contributed by atoms with Crippen LogP contribution in [0, 0.1) is 0 Å². The number of phosphoric ester groups is 1. The number of hydrogen-bond acceptors (Lipinski definition) is 6. The van der Waals surface area contributed by atoms with Crippen molar-refractivity contribution in [1.82, 2.24) is 5.32 Å². The number of phosphoric acid groups is 1. The fourth-order valence-corrected chi connectivity index (χ4v) is 6.72.